The summed E-state index contributed by atoms with van der Waals surface area (Å²) in [6.07, 6.45) is 0. The zero-order valence-corrected chi connectivity index (χ0v) is 11.4. The third kappa shape index (κ3) is 1.36. The van der Waals surface area contributed by atoms with E-state index in [9.17, 15) is 0 Å². The van der Waals surface area contributed by atoms with Crippen molar-refractivity contribution in [3.05, 3.63) is 17.6 Å². The SMILES string of the molecule is Cc1cc(-c2nc(C3C(C)(C)C3(C)C)no2)n[nH]1. The van der Waals surface area contributed by atoms with Crippen molar-refractivity contribution in [1.82, 2.24) is 20.3 Å². The lowest BCUT2D eigenvalue weighted by Crippen LogP contribution is -1.95. The van der Waals surface area contributed by atoms with Crippen molar-refractivity contribution in [1.29, 1.82) is 0 Å². The largest absolute Gasteiger partial charge is 0.332 e. The minimum absolute atomic E-state index is 0.218. The molecule has 0 radical (unpaired) electrons. The number of aromatic amines is 1. The predicted molar refractivity (Wildman–Crippen MR) is 66.9 cm³/mol. The summed E-state index contributed by atoms with van der Waals surface area (Å²) in [7, 11) is 0. The molecule has 0 amide bonds. The molecule has 2 heterocycles. The Hall–Kier alpha value is -1.65. The van der Waals surface area contributed by atoms with Crippen molar-refractivity contribution in [2.45, 2.75) is 40.5 Å². The molecule has 3 rings (SSSR count). The number of aromatic nitrogens is 4. The van der Waals surface area contributed by atoms with Crippen LogP contribution >= 0.6 is 0 Å². The van der Waals surface area contributed by atoms with Gasteiger partial charge in [0.1, 0.15) is 0 Å². The van der Waals surface area contributed by atoms with Gasteiger partial charge in [0.15, 0.2) is 11.5 Å². The first kappa shape index (κ1) is 11.4. The van der Waals surface area contributed by atoms with Crippen molar-refractivity contribution < 1.29 is 4.52 Å². The van der Waals surface area contributed by atoms with E-state index in [2.05, 4.69) is 48.0 Å². The average Bonchev–Trinajstić information content (AvgIpc) is 2.75. The van der Waals surface area contributed by atoms with Gasteiger partial charge in [-0.25, -0.2) is 0 Å². The highest BCUT2D eigenvalue weighted by Gasteiger charge is 2.67. The van der Waals surface area contributed by atoms with E-state index in [0.717, 1.165) is 11.5 Å². The number of aryl methyl sites for hydroxylation is 1. The molecule has 1 saturated carbocycles. The van der Waals surface area contributed by atoms with Crippen molar-refractivity contribution in [2.75, 3.05) is 0 Å². The fraction of sp³-hybridized carbons (Fsp3) is 0.615. The maximum Gasteiger partial charge on any atom is 0.278 e. The van der Waals surface area contributed by atoms with Gasteiger partial charge >= 0.3 is 0 Å². The van der Waals surface area contributed by atoms with Crippen LogP contribution in [0.25, 0.3) is 11.6 Å². The first-order valence-electron chi connectivity index (χ1n) is 6.20. The molecule has 5 nitrogen and oxygen atoms in total. The molecular formula is C13H18N4O. The van der Waals surface area contributed by atoms with Crippen LogP contribution in [0.3, 0.4) is 0 Å². The van der Waals surface area contributed by atoms with Crippen molar-refractivity contribution in [2.24, 2.45) is 10.8 Å². The molecule has 2 aromatic heterocycles. The van der Waals surface area contributed by atoms with E-state index in [-0.39, 0.29) is 10.8 Å². The molecule has 2 aromatic rings. The number of nitrogens with zero attached hydrogens (tertiary/aromatic N) is 3. The molecule has 1 fully saturated rings. The molecule has 18 heavy (non-hydrogen) atoms. The molecule has 96 valence electrons. The molecule has 0 bridgehead atoms. The molecule has 0 unspecified atom stereocenters. The highest BCUT2D eigenvalue weighted by Crippen LogP contribution is 2.73. The maximum absolute atomic E-state index is 5.31. The number of nitrogens with one attached hydrogen (secondary N) is 1. The second kappa shape index (κ2) is 3.22. The van der Waals surface area contributed by atoms with Crippen LogP contribution in [0, 0.1) is 17.8 Å². The van der Waals surface area contributed by atoms with Crippen LogP contribution in [0.5, 0.6) is 0 Å². The van der Waals surface area contributed by atoms with Gasteiger partial charge in [0.2, 0.25) is 0 Å². The first-order chi connectivity index (χ1) is 8.34. The predicted octanol–water partition coefficient (Wildman–Crippen LogP) is 2.92. The minimum Gasteiger partial charge on any atom is -0.332 e. The number of hydrogen-bond donors (Lipinski definition) is 1. The van der Waals surface area contributed by atoms with Crippen LogP contribution in [0.4, 0.5) is 0 Å². The number of rotatable bonds is 2. The van der Waals surface area contributed by atoms with E-state index in [1.807, 2.05) is 13.0 Å². The molecule has 1 aliphatic rings. The summed E-state index contributed by atoms with van der Waals surface area (Å²) in [6.45, 7) is 10.9. The number of hydrogen-bond acceptors (Lipinski definition) is 4. The average molecular weight is 246 g/mol. The summed E-state index contributed by atoms with van der Waals surface area (Å²) in [5.74, 6) is 1.64. The lowest BCUT2D eigenvalue weighted by Gasteiger charge is -2.03. The van der Waals surface area contributed by atoms with Crippen molar-refractivity contribution in [3.8, 4) is 11.6 Å². The van der Waals surface area contributed by atoms with E-state index in [1.165, 1.54) is 0 Å². The van der Waals surface area contributed by atoms with Gasteiger partial charge in [-0.05, 0) is 23.8 Å². The van der Waals surface area contributed by atoms with Gasteiger partial charge in [0.25, 0.3) is 5.89 Å². The normalized spacial score (nSPS) is 21.2. The molecular weight excluding hydrogens is 228 g/mol. The lowest BCUT2D eigenvalue weighted by molar-refractivity contribution is 0.418. The topological polar surface area (TPSA) is 67.6 Å². The highest BCUT2D eigenvalue weighted by molar-refractivity contribution is 5.47. The zero-order chi connectivity index (χ0) is 13.1. The Morgan fingerprint density at radius 1 is 1.22 bits per heavy atom. The second-order valence-corrected chi connectivity index (χ2v) is 6.27. The van der Waals surface area contributed by atoms with Crippen LogP contribution < -0.4 is 0 Å². The Morgan fingerprint density at radius 2 is 1.89 bits per heavy atom. The summed E-state index contributed by atoms with van der Waals surface area (Å²) >= 11 is 0. The van der Waals surface area contributed by atoms with Gasteiger partial charge < -0.3 is 4.52 Å². The van der Waals surface area contributed by atoms with Gasteiger partial charge in [0, 0.05) is 11.6 Å². The Balaban J connectivity index is 1.92. The van der Waals surface area contributed by atoms with Gasteiger partial charge in [-0.3, -0.25) is 5.10 Å². The van der Waals surface area contributed by atoms with E-state index in [0.29, 0.717) is 17.5 Å². The van der Waals surface area contributed by atoms with Crippen LogP contribution in [-0.4, -0.2) is 20.3 Å². The molecule has 0 spiro atoms. The monoisotopic (exact) mass is 246 g/mol. The van der Waals surface area contributed by atoms with Gasteiger partial charge in [-0.1, -0.05) is 32.9 Å². The fourth-order valence-electron chi connectivity index (χ4n) is 2.83. The van der Waals surface area contributed by atoms with Crippen LogP contribution in [0.15, 0.2) is 10.6 Å². The van der Waals surface area contributed by atoms with Gasteiger partial charge in [0.05, 0.1) is 0 Å². The Morgan fingerprint density at radius 3 is 2.39 bits per heavy atom. The van der Waals surface area contributed by atoms with Crippen LogP contribution in [-0.2, 0) is 0 Å². The van der Waals surface area contributed by atoms with E-state index >= 15 is 0 Å². The third-order valence-corrected chi connectivity index (χ3v) is 4.65. The van der Waals surface area contributed by atoms with Crippen LogP contribution in [0.1, 0.15) is 45.1 Å². The Kier molecular flexibility index (Phi) is 2.04. The molecule has 1 aliphatic carbocycles. The highest BCUT2D eigenvalue weighted by atomic mass is 16.5. The maximum atomic E-state index is 5.31. The third-order valence-electron chi connectivity index (χ3n) is 4.65. The summed E-state index contributed by atoms with van der Waals surface area (Å²) in [4.78, 5) is 4.49. The minimum atomic E-state index is 0.218. The number of H-pyrrole nitrogens is 1. The Labute approximate surface area is 106 Å². The van der Waals surface area contributed by atoms with E-state index in [4.69, 9.17) is 4.52 Å². The van der Waals surface area contributed by atoms with E-state index in [1.54, 1.807) is 0 Å². The van der Waals surface area contributed by atoms with Crippen LogP contribution in [0.2, 0.25) is 0 Å². The standard InChI is InChI=1S/C13H18N4O/c1-7-6-8(16-15-7)11-14-10(17-18-11)9-12(2,3)13(9,4)5/h6,9H,1-5H3,(H,15,16). The Bertz CT molecular complexity index is 580. The molecule has 1 N–H and O–H groups in total. The van der Waals surface area contributed by atoms with Gasteiger partial charge in [-0.2, -0.15) is 10.1 Å². The first-order valence-corrected chi connectivity index (χ1v) is 6.20. The second-order valence-electron chi connectivity index (χ2n) is 6.27. The molecule has 0 saturated heterocycles. The smallest absolute Gasteiger partial charge is 0.278 e. The summed E-state index contributed by atoms with van der Waals surface area (Å²) < 4.78 is 5.31. The molecule has 0 aromatic carbocycles. The van der Waals surface area contributed by atoms with E-state index < -0.39 is 0 Å². The summed E-state index contributed by atoms with van der Waals surface area (Å²) in [6, 6.07) is 1.90. The van der Waals surface area contributed by atoms with Gasteiger partial charge in [-0.15, -0.1) is 0 Å². The fourth-order valence-corrected chi connectivity index (χ4v) is 2.83. The summed E-state index contributed by atoms with van der Waals surface area (Å²) in [5.41, 5.74) is 2.13. The molecule has 0 aliphatic heterocycles. The zero-order valence-electron chi connectivity index (χ0n) is 11.4. The summed E-state index contributed by atoms with van der Waals surface area (Å²) in [5, 5.41) is 11.1. The lowest BCUT2D eigenvalue weighted by atomic mass is 10.0. The quantitative estimate of drug-likeness (QED) is 0.884. The molecule has 5 heteroatoms. The van der Waals surface area contributed by atoms with Crippen molar-refractivity contribution in [3.63, 3.8) is 0 Å². The van der Waals surface area contributed by atoms with Crippen molar-refractivity contribution >= 4 is 0 Å². The molecule has 0 atom stereocenters.